The van der Waals surface area contributed by atoms with Gasteiger partial charge in [0.25, 0.3) is 0 Å². The van der Waals surface area contributed by atoms with Crippen molar-refractivity contribution in [3.8, 4) is 0 Å². The Labute approximate surface area is 133 Å². The highest BCUT2D eigenvalue weighted by Gasteiger charge is 2.39. The molecule has 1 aromatic rings. The number of thioether (sulfide) groups is 1. The van der Waals surface area contributed by atoms with Crippen LogP contribution in [0.2, 0.25) is 5.02 Å². The van der Waals surface area contributed by atoms with Gasteiger partial charge in [-0.25, -0.2) is 4.39 Å². The molecule has 0 unspecified atom stereocenters. The summed E-state index contributed by atoms with van der Waals surface area (Å²) in [5.74, 6) is 2.05. The Bertz CT molecular complexity index is 519. The minimum absolute atomic E-state index is 0.0602. The van der Waals surface area contributed by atoms with Gasteiger partial charge in [-0.05, 0) is 43.2 Å². The van der Waals surface area contributed by atoms with E-state index in [2.05, 4.69) is 5.32 Å². The zero-order valence-electron chi connectivity index (χ0n) is 11.8. The second-order valence-corrected chi connectivity index (χ2v) is 7.43. The first-order chi connectivity index (χ1) is 10.1. The summed E-state index contributed by atoms with van der Waals surface area (Å²) in [6.45, 7) is 0. The molecule has 0 heterocycles. The van der Waals surface area contributed by atoms with Gasteiger partial charge in [0.15, 0.2) is 0 Å². The van der Waals surface area contributed by atoms with Crippen molar-refractivity contribution in [2.24, 2.45) is 11.8 Å². The Morgan fingerprint density at radius 1 is 1.38 bits per heavy atom. The summed E-state index contributed by atoms with van der Waals surface area (Å²) in [5.41, 5.74) is 0.483. The van der Waals surface area contributed by atoms with Crippen LogP contribution in [0.15, 0.2) is 18.2 Å². The average molecular weight is 328 g/mol. The van der Waals surface area contributed by atoms with Crippen LogP contribution in [0, 0.1) is 17.7 Å². The lowest BCUT2D eigenvalue weighted by molar-refractivity contribution is -0.119. The van der Waals surface area contributed by atoms with Gasteiger partial charge in [-0.1, -0.05) is 24.1 Å². The molecule has 1 N–H and O–H groups in total. The first-order valence-corrected chi connectivity index (χ1v) is 8.96. The standard InChI is InChI=1S/C16H19ClFNOS/c17-13-2-1-3-14(18)12(13)8-21-9-16(20)19-15-7-10-4-5-11(15)6-10/h1-3,10-11,15H,4-9H2,(H,19,20)/t10-,11+,15+/m1/s1. The van der Waals surface area contributed by atoms with Gasteiger partial charge in [0, 0.05) is 22.4 Å². The highest BCUT2D eigenvalue weighted by molar-refractivity contribution is 7.99. The van der Waals surface area contributed by atoms with E-state index < -0.39 is 0 Å². The minimum atomic E-state index is -0.302. The summed E-state index contributed by atoms with van der Waals surface area (Å²) in [6, 6.07) is 5.04. The molecule has 3 rings (SSSR count). The maximum Gasteiger partial charge on any atom is 0.230 e. The molecule has 5 heteroatoms. The van der Waals surface area contributed by atoms with Gasteiger partial charge in [-0.15, -0.1) is 11.8 Å². The van der Waals surface area contributed by atoms with Crippen molar-refractivity contribution in [3.63, 3.8) is 0 Å². The van der Waals surface area contributed by atoms with E-state index in [-0.39, 0.29) is 11.7 Å². The highest BCUT2D eigenvalue weighted by atomic mass is 35.5. The highest BCUT2D eigenvalue weighted by Crippen LogP contribution is 2.44. The fourth-order valence-electron chi connectivity index (χ4n) is 3.59. The van der Waals surface area contributed by atoms with Crippen LogP contribution in [0.5, 0.6) is 0 Å². The lowest BCUT2D eigenvalue weighted by Gasteiger charge is -2.22. The number of carbonyl (C=O) groups is 1. The van der Waals surface area contributed by atoms with Crippen molar-refractivity contribution >= 4 is 29.3 Å². The molecule has 114 valence electrons. The van der Waals surface area contributed by atoms with Crippen molar-refractivity contribution < 1.29 is 9.18 Å². The molecule has 2 nitrogen and oxygen atoms in total. The molecule has 2 aliphatic rings. The largest absolute Gasteiger partial charge is 0.352 e. The normalized spacial score (nSPS) is 27.0. The molecule has 2 bridgehead atoms. The summed E-state index contributed by atoms with van der Waals surface area (Å²) < 4.78 is 13.6. The minimum Gasteiger partial charge on any atom is -0.352 e. The fraction of sp³-hybridized carbons (Fsp3) is 0.562. The van der Waals surface area contributed by atoms with E-state index in [1.807, 2.05) is 0 Å². The number of amides is 1. The summed E-state index contributed by atoms with van der Waals surface area (Å²) in [4.78, 5) is 12.0. The molecule has 21 heavy (non-hydrogen) atoms. The van der Waals surface area contributed by atoms with E-state index in [0.717, 1.165) is 12.3 Å². The monoisotopic (exact) mass is 327 g/mol. The zero-order valence-corrected chi connectivity index (χ0v) is 13.4. The van der Waals surface area contributed by atoms with E-state index in [1.165, 1.54) is 37.1 Å². The van der Waals surface area contributed by atoms with E-state index in [4.69, 9.17) is 11.6 Å². The van der Waals surface area contributed by atoms with Crippen LogP contribution < -0.4 is 5.32 Å². The fourth-order valence-corrected chi connectivity index (χ4v) is 4.76. The van der Waals surface area contributed by atoms with E-state index in [1.54, 1.807) is 12.1 Å². The number of benzene rings is 1. The number of rotatable bonds is 5. The predicted octanol–water partition coefficient (Wildman–Crippen LogP) is 4.02. The molecule has 0 aromatic heterocycles. The number of hydrogen-bond donors (Lipinski definition) is 1. The van der Waals surface area contributed by atoms with Crippen LogP contribution in [0.4, 0.5) is 4.39 Å². The molecule has 2 fully saturated rings. The van der Waals surface area contributed by atoms with Gasteiger partial charge in [-0.3, -0.25) is 4.79 Å². The van der Waals surface area contributed by atoms with E-state index in [9.17, 15) is 9.18 Å². The Morgan fingerprint density at radius 3 is 2.90 bits per heavy atom. The second kappa shape index (κ2) is 6.57. The molecule has 0 spiro atoms. The van der Waals surface area contributed by atoms with Crippen LogP contribution in [0.25, 0.3) is 0 Å². The Morgan fingerprint density at radius 2 is 2.24 bits per heavy atom. The first kappa shape index (κ1) is 15.2. The molecule has 3 atom stereocenters. The molecule has 1 amide bonds. The zero-order chi connectivity index (χ0) is 14.8. The quantitative estimate of drug-likeness (QED) is 0.885. The van der Waals surface area contributed by atoms with Crippen molar-refractivity contribution in [1.29, 1.82) is 0 Å². The summed E-state index contributed by atoms with van der Waals surface area (Å²) >= 11 is 7.38. The summed E-state index contributed by atoms with van der Waals surface area (Å²) in [7, 11) is 0. The van der Waals surface area contributed by atoms with Gasteiger partial charge in [0.1, 0.15) is 5.82 Å². The first-order valence-electron chi connectivity index (χ1n) is 7.43. The van der Waals surface area contributed by atoms with Gasteiger partial charge in [-0.2, -0.15) is 0 Å². The number of nitrogens with one attached hydrogen (secondary N) is 1. The third kappa shape index (κ3) is 3.54. The van der Waals surface area contributed by atoms with Crippen LogP contribution in [-0.4, -0.2) is 17.7 Å². The van der Waals surface area contributed by atoms with Gasteiger partial charge in [0.05, 0.1) is 5.75 Å². The molecular weight excluding hydrogens is 309 g/mol. The molecule has 0 aliphatic heterocycles. The third-order valence-electron chi connectivity index (χ3n) is 4.63. The van der Waals surface area contributed by atoms with Crippen molar-refractivity contribution in [2.75, 3.05) is 5.75 Å². The van der Waals surface area contributed by atoms with Crippen LogP contribution in [-0.2, 0) is 10.5 Å². The van der Waals surface area contributed by atoms with Crippen molar-refractivity contribution in [2.45, 2.75) is 37.5 Å². The predicted molar refractivity (Wildman–Crippen MR) is 85.0 cm³/mol. The second-order valence-electron chi connectivity index (χ2n) is 6.04. The smallest absolute Gasteiger partial charge is 0.230 e. The third-order valence-corrected chi connectivity index (χ3v) is 5.94. The lowest BCUT2D eigenvalue weighted by atomic mass is 9.95. The van der Waals surface area contributed by atoms with Crippen LogP contribution in [0.3, 0.4) is 0 Å². The Balaban J connectivity index is 1.44. The topological polar surface area (TPSA) is 29.1 Å². The van der Waals surface area contributed by atoms with Gasteiger partial charge < -0.3 is 5.32 Å². The van der Waals surface area contributed by atoms with Crippen molar-refractivity contribution in [3.05, 3.63) is 34.6 Å². The van der Waals surface area contributed by atoms with Gasteiger partial charge in [0.2, 0.25) is 5.91 Å². The molecular formula is C16H19ClFNOS. The lowest BCUT2D eigenvalue weighted by Crippen LogP contribution is -2.39. The van der Waals surface area contributed by atoms with Crippen LogP contribution in [0.1, 0.15) is 31.2 Å². The summed E-state index contributed by atoms with van der Waals surface area (Å²) in [5, 5.41) is 3.57. The molecule has 2 saturated carbocycles. The average Bonchev–Trinajstić information content (AvgIpc) is 3.04. The van der Waals surface area contributed by atoms with Gasteiger partial charge >= 0.3 is 0 Å². The Kier molecular flexibility index (Phi) is 4.75. The molecule has 2 aliphatic carbocycles. The van der Waals surface area contributed by atoms with Crippen molar-refractivity contribution in [1.82, 2.24) is 5.32 Å². The SMILES string of the molecule is O=C(CSCc1c(F)cccc1Cl)N[C@H]1C[C@@H]2CC[C@H]1C2. The maximum absolute atomic E-state index is 13.6. The summed E-state index contributed by atoms with van der Waals surface area (Å²) in [6.07, 6.45) is 5.01. The molecule has 0 radical (unpaired) electrons. The molecule has 1 aromatic carbocycles. The van der Waals surface area contributed by atoms with E-state index in [0.29, 0.717) is 34.1 Å². The number of hydrogen-bond acceptors (Lipinski definition) is 2. The number of carbonyl (C=O) groups excluding carboxylic acids is 1. The molecule has 0 saturated heterocycles. The van der Waals surface area contributed by atoms with E-state index >= 15 is 0 Å². The number of fused-ring (bicyclic) bond motifs is 2. The maximum atomic E-state index is 13.6. The van der Waals surface area contributed by atoms with Crippen LogP contribution >= 0.6 is 23.4 Å². The Hall–Kier alpha value is -0.740. The number of halogens is 2.